The Morgan fingerprint density at radius 1 is 1.19 bits per heavy atom. The van der Waals surface area contributed by atoms with Crippen molar-refractivity contribution in [2.75, 3.05) is 5.32 Å². The van der Waals surface area contributed by atoms with E-state index in [2.05, 4.69) is 36.2 Å². The molecule has 104 valence electrons. The standard InChI is InChI=1S/C15H11BrN4O/c16-12-2-1-7-18-14(12)15(21)20-11-5-3-10(4-6-11)13-8-17-9-19-13/h1-9H,(H,17,19)(H,20,21). The zero-order chi connectivity index (χ0) is 14.7. The zero-order valence-corrected chi connectivity index (χ0v) is 12.5. The lowest BCUT2D eigenvalue weighted by atomic mass is 10.1. The van der Waals surface area contributed by atoms with E-state index < -0.39 is 0 Å². The molecule has 0 spiro atoms. The largest absolute Gasteiger partial charge is 0.345 e. The second-order valence-corrected chi connectivity index (χ2v) is 5.18. The normalized spacial score (nSPS) is 10.3. The van der Waals surface area contributed by atoms with Crippen LogP contribution in [0.4, 0.5) is 5.69 Å². The number of aromatic nitrogens is 3. The molecule has 0 atom stereocenters. The van der Waals surface area contributed by atoms with Gasteiger partial charge in [-0.1, -0.05) is 12.1 Å². The molecule has 1 aromatic carbocycles. The summed E-state index contributed by atoms with van der Waals surface area (Å²) in [4.78, 5) is 23.2. The molecule has 21 heavy (non-hydrogen) atoms. The number of rotatable bonds is 3. The minimum Gasteiger partial charge on any atom is -0.345 e. The number of nitrogens with one attached hydrogen (secondary N) is 2. The van der Waals surface area contributed by atoms with Gasteiger partial charge in [-0.25, -0.2) is 9.97 Å². The van der Waals surface area contributed by atoms with Crippen molar-refractivity contribution in [1.82, 2.24) is 15.0 Å². The molecule has 0 saturated carbocycles. The number of nitrogens with zero attached hydrogens (tertiary/aromatic N) is 2. The first-order valence-electron chi connectivity index (χ1n) is 6.25. The van der Waals surface area contributed by atoms with Crippen LogP contribution in [-0.4, -0.2) is 20.9 Å². The zero-order valence-electron chi connectivity index (χ0n) is 10.9. The van der Waals surface area contributed by atoms with Gasteiger partial charge >= 0.3 is 0 Å². The van der Waals surface area contributed by atoms with Gasteiger partial charge in [-0.15, -0.1) is 0 Å². The van der Waals surface area contributed by atoms with Gasteiger partial charge in [0.1, 0.15) is 5.69 Å². The van der Waals surface area contributed by atoms with E-state index in [9.17, 15) is 4.79 Å². The average molecular weight is 343 g/mol. The monoisotopic (exact) mass is 342 g/mol. The molecule has 6 heteroatoms. The van der Waals surface area contributed by atoms with Crippen LogP contribution in [0.25, 0.3) is 11.3 Å². The van der Waals surface area contributed by atoms with E-state index in [1.807, 2.05) is 24.3 Å². The highest BCUT2D eigenvalue weighted by Crippen LogP contribution is 2.20. The van der Waals surface area contributed by atoms with Crippen molar-refractivity contribution in [3.8, 4) is 11.3 Å². The smallest absolute Gasteiger partial charge is 0.275 e. The van der Waals surface area contributed by atoms with Gasteiger partial charge in [0.05, 0.1) is 18.2 Å². The topological polar surface area (TPSA) is 70.7 Å². The highest BCUT2D eigenvalue weighted by atomic mass is 79.9. The second kappa shape index (κ2) is 5.88. The average Bonchev–Trinajstić information content (AvgIpc) is 3.02. The fourth-order valence-corrected chi connectivity index (χ4v) is 2.32. The molecule has 3 aromatic rings. The van der Waals surface area contributed by atoms with Gasteiger partial charge in [0.15, 0.2) is 0 Å². The van der Waals surface area contributed by atoms with Crippen LogP contribution in [0.5, 0.6) is 0 Å². The Morgan fingerprint density at radius 3 is 2.67 bits per heavy atom. The van der Waals surface area contributed by atoms with Crippen molar-refractivity contribution in [3.63, 3.8) is 0 Å². The number of imidazole rings is 1. The molecule has 2 aromatic heterocycles. The summed E-state index contributed by atoms with van der Waals surface area (Å²) >= 11 is 3.31. The Kier molecular flexibility index (Phi) is 3.79. The molecule has 1 amide bonds. The van der Waals surface area contributed by atoms with Gasteiger partial charge < -0.3 is 10.3 Å². The van der Waals surface area contributed by atoms with Crippen molar-refractivity contribution in [2.45, 2.75) is 0 Å². The van der Waals surface area contributed by atoms with Crippen LogP contribution >= 0.6 is 15.9 Å². The molecular weight excluding hydrogens is 332 g/mol. The van der Waals surface area contributed by atoms with E-state index in [1.165, 1.54) is 0 Å². The third-order valence-electron chi connectivity index (χ3n) is 2.93. The molecule has 2 heterocycles. The van der Waals surface area contributed by atoms with E-state index in [0.717, 1.165) is 11.3 Å². The summed E-state index contributed by atoms with van der Waals surface area (Å²) in [7, 11) is 0. The maximum Gasteiger partial charge on any atom is 0.275 e. The summed E-state index contributed by atoms with van der Waals surface area (Å²) in [6.07, 6.45) is 4.96. The second-order valence-electron chi connectivity index (χ2n) is 4.33. The molecule has 0 unspecified atom stereocenters. The quantitative estimate of drug-likeness (QED) is 0.765. The first kappa shape index (κ1) is 13.5. The summed E-state index contributed by atoms with van der Waals surface area (Å²) in [5, 5.41) is 2.81. The highest BCUT2D eigenvalue weighted by Gasteiger charge is 2.11. The van der Waals surface area contributed by atoms with E-state index in [0.29, 0.717) is 15.9 Å². The SMILES string of the molecule is O=C(Nc1ccc(-c2cnc[nH]2)cc1)c1ncccc1Br. The van der Waals surface area contributed by atoms with Crippen LogP contribution in [0.15, 0.2) is 59.6 Å². The third-order valence-corrected chi connectivity index (χ3v) is 3.57. The minimum atomic E-state index is -0.253. The predicted octanol–water partition coefficient (Wildman–Crippen LogP) is 3.49. The lowest BCUT2D eigenvalue weighted by Gasteiger charge is -2.06. The van der Waals surface area contributed by atoms with E-state index in [1.54, 1.807) is 30.9 Å². The lowest BCUT2D eigenvalue weighted by molar-refractivity contribution is 0.102. The van der Waals surface area contributed by atoms with E-state index in [4.69, 9.17) is 0 Å². The number of halogens is 1. The number of aromatic amines is 1. The van der Waals surface area contributed by atoms with Crippen molar-refractivity contribution >= 4 is 27.5 Å². The number of carbonyl (C=O) groups excluding carboxylic acids is 1. The first-order chi connectivity index (χ1) is 10.2. The molecule has 0 bridgehead atoms. The van der Waals surface area contributed by atoms with Gasteiger partial charge in [0.25, 0.3) is 5.91 Å². The molecule has 0 saturated heterocycles. The maximum absolute atomic E-state index is 12.1. The van der Waals surface area contributed by atoms with Gasteiger partial charge in [0.2, 0.25) is 0 Å². The number of hydrogen-bond donors (Lipinski definition) is 2. The van der Waals surface area contributed by atoms with Crippen molar-refractivity contribution < 1.29 is 4.79 Å². The number of benzene rings is 1. The molecule has 0 aliphatic carbocycles. The van der Waals surface area contributed by atoms with E-state index in [-0.39, 0.29) is 5.91 Å². The van der Waals surface area contributed by atoms with Crippen molar-refractivity contribution in [2.24, 2.45) is 0 Å². The molecule has 3 rings (SSSR count). The Bertz CT molecular complexity index is 754. The van der Waals surface area contributed by atoms with Crippen LogP contribution in [0.1, 0.15) is 10.5 Å². The molecular formula is C15H11BrN4O. The molecule has 2 N–H and O–H groups in total. The number of hydrogen-bond acceptors (Lipinski definition) is 3. The van der Waals surface area contributed by atoms with Crippen molar-refractivity contribution in [3.05, 3.63) is 65.3 Å². The van der Waals surface area contributed by atoms with Gasteiger partial charge in [0, 0.05) is 16.4 Å². The van der Waals surface area contributed by atoms with Gasteiger partial charge in [-0.05, 0) is 45.8 Å². The Hall–Kier alpha value is -2.47. The van der Waals surface area contributed by atoms with Crippen LogP contribution < -0.4 is 5.32 Å². The Labute approximate surface area is 129 Å². The Balaban J connectivity index is 1.77. The number of amides is 1. The van der Waals surface area contributed by atoms with Gasteiger partial charge in [-0.3, -0.25) is 4.79 Å². The first-order valence-corrected chi connectivity index (χ1v) is 7.04. The third kappa shape index (κ3) is 3.00. The molecule has 0 fully saturated rings. The number of pyridine rings is 1. The minimum absolute atomic E-state index is 0.253. The summed E-state index contributed by atoms with van der Waals surface area (Å²) in [5.41, 5.74) is 3.00. The lowest BCUT2D eigenvalue weighted by Crippen LogP contribution is -2.14. The van der Waals surface area contributed by atoms with Gasteiger partial charge in [-0.2, -0.15) is 0 Å². The summed E-state index contributed by atoms with van der Waals surface area (Å²) in [6, 6.07) is 11.0. The summed E-state index contributed by atoms with van der Waals surface area (Å²) in [5.74, 6) is -0.253. The van der Waals surface area contributed by atoms with Crippen LogP contribution in [0, 0.1) is 0 Å². The number of carbonyl (C=O) groups is 1. The van der Waals surface area contributed by atoms with E-state index >= 15 is 0 Å². The predicted molar refractivity (Wildman–Crippen MR) is 83.9 cm³/mol. The van der Waals surface area contributed by atoms with Crippen LogP contribution in [-0.2, 0) is 0 Å². The maximum atomic E-state index is 12.1. The summed E-state index contributed by atoms with van der Waals surface area (Å²) in [6.45, 7) is 0. The summed E-state index contributed by atoms with van der Waals surface area (Å²) < 4.78 is 0.664. The molecule has 5 nitrogen and oxygen atoms in total. The fraction of sp³-hybridized carbons (Fsp3) is 0. The fourth-order valence-electron chi connectivity index (χ4n) is 1.89. The molecule has 0 aliphatic heterocycles. The molecule has 0 radical (unpaired) electrons. The number of anilines is 1. The van der Waals surface area contributed by atoms with Crippen LogP contribution in [0.2, 0.25) is 0 Å². The number of H-pyrrole nitrogens is 1. The Morgan fingerprint density at radius 2 is 2.00 bits per heavy atom. The highest BCUT2D eigenvalue weighted by molar-refractivity contribution is 9.10. The van der Waals surface area contributed by atoms with Crippen LogP contribution in [0.3, 0.4) is 0 Å². The molecule has 0 aliphatic rings. The van der Waals surface area contributed by atoms with Crippen molar-refractivity contribution in [1.29, 1.82) is 0 Å².